The summed E-state index contributed by atoms with van der Waals surface area (Å²) in [6.07, 6.45) is 3.25. The molecule has 10 nitrogen and oxygen atoms in total. The second-order valence-electron chi connectivity index (χ2n) is 12.6. The van der Waals surface area contributed by atoms with Crippen LogP contribution in [0.3, 0.4) is 0 Å². The zero-order chi connectivity index (χ0) is 27.6. The van der Waals surface area contributed by atoms with E-state index in [0.717, 1.165) is 30.4 Å². The highest BCUT2D eigenvalue weighted by Crippen LogP contribution is 2.48. The molecule has 1 aromatic carbocycles. The zero-order valence-electron chi connectivity index (χ0n) is 22.6. The van der Waals surface area contributed by atoms with Crippen LogP contribution in [0.1, 0.15) is 69.2 Å². The Kier molecular flexibility index (Phi) is 6.07. The molecule has 1 N–H and O–H groups in total. The SMILES string of the molecule is CC(C)(C)OC(=O)NC(CN1C[C@@H]2CC1C(=O)N2C1CCc2cc(C#N)ccc21)C(=O)N1C(C#N)C[C@@H]2C[C@@H]21. The van der Waals surface area contributed by atoms with Crippen LogP contribution < -0.4 is 5.32 Å². The van der Waals surface area contributed by atoms with E-state index in [2.05, 4.69) is 17.5 Å². The van der Waals surface area contributed by atoms with Gasteiger partial charge in [-0.3, -0.25) is 14.5 Å². The first-order valence-corrected chi connectivity index (χ1v) is 13.9. The smallest absolute Gasteiger partial charge is 0.408 e. The number of nitrogens with one attached hydrogen (secondary N) is 1. The predicted molar refractivity (Wildman–Crippen MR) is 139 cm³/mol. The van der Waals surface area contributed by atoms with Gasteiger partial charge in [0, 0.05) is 25.2 Å². The molecule has 2 bridgehead atoms. The van der Waals surface area contributed by atoms with Crippen molar-refractivity contribution in [2.75, 3.05) is 13.1 Å². The lowest BCUT2D eigenvalue weighted by Crippen LogP contribution is -2.59. The quantitative estimate of drug-likeness (QED) is 0.618. The molecule has 0 aromatic heterocycles. The summed E-state index contributed by atoms with van der Waals surface area (Å²) in [5, 5.41) is 21.7. The number of ether oxygens (including phenoxy) is 1. The molecule has 39 heavy (non-hydrogen) atoms. The van der Waals surface area contributed by atoms with Crippen LogP contribution in [0.2, 0.25) is 0 Å². The highest BCUT2D eigenvalue weighted by Gasteiger charge is 2.57. The largest absolute Gasteiger partial charge is 0.444 e. The van der Waals surface area contributed by atoms with Gasteiger partial charge in [-0.2, -0.15) is 10.5 Å². The Bertz CT molecular complexity index is 1310. The lowest BCUT2D eigenvalue weighted by Gasteiger charge is -2.39. The number of alkyl carbamates (subject to hydrolysis) is 1. The molecule has 2 aliphatic carbocycles. The fourth-order valence-corrected chi connectivity index (χ4v) is 7.19. The van der Waals surface area contributed by atoms with Crippen LogP contribution in [-0.2, 0) is 20.7 Å². The fourth-order valence-electron chi connectivity index (χ4n) is 7.19. The number of nitriles is 2. The summed E-state index contributed by atoms with van der Waals surface area (Å²) in [6.45, 7) is 6.10. The van der Waals surface area contributed by atoms with E-state index in [-0.39, 0.29) is 42.5 Å². The average molecular weight is 531 g/mol. The maximum Gasteiger partial charge on any atom is 0.408 e. The number of carbonyl (C=O) groups excluding carboxylic acids is 3. The van der Waals surface area contributed by atoms with E-state index in [1.54, 1.807) is 25.7 Å². The van der Waals surface area contributed by atoms with Gasteiger partial charge in [-0.05, 0) is 82.1 Å². The van der Waals surface area contributed by atoms with Crippen molar-refractivity contribution in [3.05, 3.63) is 34.9 Å². The molecule has 1 aromatic rings. The fraction of sp³-hybridized carbons (Fsp3) is 0.621. The molecule has 3 heterocycles. The number of carbonyl (C=O) groups is 3. The molecule has 5 aliphatic rings. The first-order valence-electron chi connectivity index (χ1n) is 13.9. The molecule has 1 saturated carbocycles. The molecule has 0 radical (unpaired) electrons. The maximum absolute atomic E-state index is 13.8. The number of amides is 3. The number of rotatable bonds is 5. The van der Waals surface area contributed by atoms with E-state index in [9.17, 15) is 24.9 Å². The van der Waals surface area contributed by atoms with Crippen molar-refractivity contribution in [3.63, 3.8) is 0 Å². The second kappa shape index (κ2) is 9.24. The molecule has 10 heteroatoms. The average Bonchev–Trinajstić information content (AvgIpc) is 3.22. The molecule has 6 rings (SSSR count). The Morgan fingerprint density at radius 1 is 1.18 bits per heavy atom. The van der Waals surface area contributed by atoms with Crippen molar-refractivity contribution >= 4 is 17.9 Å². The summed E-state index contributed by atoms with van der Waals surface area (Å²) in [5.41, 5.74) is 2.17. The Labute approximate surface area is 228 Å². The van der Waals surface area contributed by atoms with Crippen LogP contribution in [0.25, 0.3) is 0 Å². The molecule has 3 aliphatic heterocycles. The number of benzene rings is 1. The Morgan fingerprint density at radius 2 is 1.97 bits per heavy atom. The Morgan fingerprint density at radius 3 is 2.67 bits per heavy atom. The maximum atomic E-state index is 13.8. The predicted octanol–water partition coefficient (Wildman–Crippen LogP) is 2.24. The second-order valence-corrected chi connectivity index (χ2v) is 12.6. The Balaban J connectivity index is 1.18. The van der Waals surface area contributed by atoms with Gasteiger partial charge in [0.1, 0.15) is 17.7 Å². The number of nitrogens with zero attached hydrogens (tertiary/aromatic N) is 5. The molecular formula is C29H34N6O4. The number of piperazine rings is 1. The van der Waals surface area contributed by atoms with Gasteiger partial charge >= 0.3 is 6.09 Å². The van der Waals surface area contributed by atoms with Crippen LogP contribution in [0, 0.1) is 28.6 Å². The van der Waals surface area contributed by atoms with Gasteiger partial charge < -0.3 is 19.9 Å². The standard InChI is InChI=1S/C29H34N6O4/c1-29(2,3)39-28(38)32-22(26(36)34-19(13-31)9-18-10-24(18)34)15-33-14-20-11-25(33)27(37)35(20)23-7-5-17-8-16(12-30)4-6-21(17)23/h4,6,8,18-20,22-25H,5,7,9-11,14-15H2,1-3H3,(H,32,38)/t18-,19?,20+,22?,23?,24+,25?/m1/s1. The molecular weight excluding hydrogens is 496 g/mol. The van der Waals surface area contributed by atoms with Gasteiger partial charge in [0.2, 0.25) is 11.8 Å². The number of piperidine rings is 1. The van der Waals surface area contributed by atoms with Crippen LogP contribution >= 0.6 is 0 Å². The monoisotopic (exact) mass is 530 g/mol. The van der Waals surface area contributed by atoms with Crippen molar-refractivity contribution < 1.29 is 19.1 Å². The summed E-state index contributed by atoms with van der Waals surface area (Å²) >= 11 is 0. The Hall–Kier alpha value is -3.63. The molecule has 4 fully saturated rings. The molecule has 7 atom stereocenters. The van der Waals surface area contributed by atoms with Crippen molar-refractivity contribution in [3.8, 4) is 12.1 Å². The van der Waals surface area contributed by atoms with Crippen molar-refractivity contribution in [2.45, 2.75) is 94.7 Å². The van der Waals surface area contributed by atoms with E-state index in [4.69, 9.17) is 4.74 Å². The third-order valence-electron chi connectivity index (χ3n) is 8.88. The molecule has 4 unspecified atom stereocenters. The van der Waals surface area contributed by atoms with Crippen LogP contribution in [0.5, 0.6) is 0 Å². The van der Waals surface area contributed by atoms with Gasteiger partial charge in [-0.15, -0.1) is 0 Å². The van der Waals surface area contributed by atoms with E-state index in [1.807, 2.05) is 28.0 Å². The van der Waals surface area contributed by atoms with Crippen molar-refractivity contribution in [1.29, 1.82) is 10.5 Å². The normalized spacial score (nSPS) is 31.4. The summed E-state index contributed by atoms with van der Waals surface area (Å²) in [7, 11) is 0. The van der Waals surface area contributed by atoms with E-state index < -0.39 is 23.8 Å². The molecule has 204 valence electrons. The highest BCUT2D eigenvalue weighted by atomic mass is 16.6. The van der Waals surface area contributed by atoms with E-state index >= 15 is 0 Å². The van der Waals surface area contributed by atoms with Crippen molar-refractivity contribution in [2.24, 2.45) is 5.92 Å². The topological polar surface area (TPSA) is 130 Å². The van der Waals surface area contributed by atoms with Crippen LogP contribution in [0.15, 0.2) is 18.2 Å². The minimum Gasteiger partial charge on any atom is -0.444 e. The number of hydrogen-bond donors (Lipinski definition) is 1. The molecule has 3 amide bonds. The van der Waals surface area contributed by atoms with Gasteiger partial charge in [0.25, 0.3) is 0 Å². The van der Waals surface area contributed by atoms with E-state index in [0.29, 0.717) is 30.9 Å². The number of likely N-dealkylation sites (tertiary alicyclic amines) is 3. The molecule has 3 saturated heterocycles. The van der Waals surface area contributed by atoms with Crippen LogP contribution in [0.4, 0.5) is 4.79 Å². The van der Waals surface area contributed by atoms with Gasteiger partial charge in [0.15, 0.2) is 0 Å². The lowest BCUT2D eigenvalue weighted by molar-refractivity contribution is -0.141. The summed E-state index contributed by atoms with van der Waals surface area (Å²) in [6, 6.07) is 8.50. The third-order valence-corrected chi connectivity index (χ3v) is 8.88. The van der Waals surface area contributed by atoms with Crippen molar-refractivity contribution in [1.82, 2.24) is 20.0 Å². The minimum atomic E-state index is -0.910. The first-order chi connectivity index (χ1) is 18.6. The minimum absolute atomic E-state index is 0.00231. The number of aryl methyl sites for hydroxylation is 1. The summed E-state index contributed by atoms with van der Waals surface area (Å²) in [4.78, 5) is 45.8. The van der Waals surface area contributed by atoms with E-state index in [1.165, 1.54) is 0 Å². The lowest BCUT2D eigenvalue weighted by atomic mass is 10.0. The zero-order valence-corrected chi connectivity index (χ0v) is 22.6. The third kappa shape index (κ3) is 4.51. The number of fused-ring (bicyclic) bond motifs is 4. The number of hydrogen-bond acceptors (Lipinski definition) is 7. The highest BCUT2D eigenvalue weighted by molar-refractivity contribution is 5.89. The van der Waals surface area contributed by atoms with Gasteiger partial charge in [-0.25, -0.2) is 4.79 Å². The first kappa shape index (κ1) is 25.6. The summed E-state index contributed by atoms with van der Waals surface area (Å²) in [5.74, 6) is 0.134. The van der Waals surface area contributed by atoms with Gasteiger partial charge in [0.05, 0.1) is 29.8 Å². The van der Waals surface area contributed by atoms with Gasteiger partial charge in [-0.1, -0.05) is 6.07 Å². The molecule has 0 spiro atoms. The summed E-state index contributed by atoms with van der Waals surface area (Å²) < 4.78 is 5.45. The van der Waals surface area contributed by atoms with Crippen LogP contribution in [-0.4, -0.2) is 81.5 Å².